The van der Waals surface area contributed by atoms with Gasteiger partial charge < -0.3 is 35.7 Å². The predicted molar refractivity (Wildman–Crippen MR) is 179 cm³/mol. The van der Waals surface area contributed by atoms with Gasteiger partial charge in [-0.15, -0.1) is 0 Å². The molecule has 3 aromatic carbocycles. The third-order valence-electron chi connectivity index (χ3n) is 7.17. The Hall–Kier alpha value is -5.10. The molecule has 1 aromatic heterocycles. The topological polar surface area (TPSA) is 195 Å². The van der Waals surface area contributed by atoms with Crippen molar-refractivity contribution in [3.05, 3.63) is 102 Å². The summed E-state index contributed by atoms with van der Waals surface area (Å²) in [6.45, 7) is 3.68. The van der Waals surface area contributed by atoms with E-state index in [4.69, 9.17) is 14.4 Å². The van der Waals surface area contributed by atoms with Crippen molar-refractivity contribution in [1.29, 1.82) is 0 Å². The molecule has 0 radical (unpaired) electrons. The first-order valence-corrected chi connectivity index (χ1v) is 16.5. The van der Waals surface area contributed by atoms with Gasteiger partial charge in [0.25, 0.3) is 0 Å². The fourth-order valence-corrected chi connectivity index (χ4v) is 5.60. The van der Waals surface area contributed by atoms with Gasteiger partial charge in [0.2, 0.25) is 25.6 Å². The highest BCUT2D eigenvalue weighted by atomic mass is 31.1. The number of hydrogen-bond acceptors (Lipinski definition) is 8. The molecule has 0 saturated carbocycles. The molecule has 0 aliphatic heterocycles. The van der Waals surface area contributed by atoms with Crippen LogP contribution >= 0.6 is 8.00 Å². The second-order valence-electron chi connectivity index (χ2n) is 11.4. The summed E-state index contributed by atoms with van der Waals surface area (Å²) in [5.41, 5.74) is 2.08. The molecule has 3 amide bonds. The minimum Gasteiger partial charge on any atom is -0.603 e. The van der Waals surface area contributed by atoms with Crippen LogP contribution in [0.15, 0.2) is 85.3 Å². The minimum absolute atomic E-state index is 0.0149. The number of carbonyl (C=O) groups is 4. The second-order valence-corrected chi connectivity index (χ2v) is 12.5. The average Bonchev–Trinajstić information content (AvgIpc) is 3.56. The SMILES string of the molecule is CC(C)C[C@@H](NC(=O)[C@H](Cc1cnc[nH]1)NC(=O)[C@@H](Cc1cccc2ccccc12)NC(=O)OCc1ccccc1)O/[P+]([O-])=C/C(=O)O. The second kappa shape index (κ2) is 17.7. The lowest BCUT2D eigenvalue weighted by Crippen LogP contribution is -2.56. The Morgan fingerprint density at radius 3 is 2.31 bits per heavy atom. The molecule has 14 heteroatoms. The number of carboxylic acids is 1. The van der Waals surface area contributed by atoms with Crippen LogP contribution in [-0.2, 0) is 43.1 Å². The molecule has 0 aliphatic carbocycles. The molecule has 0 fully saturated rings. The number of imidazole rings is 1. The Morgan fingerprint density at radius 1 is 0.917 bits per heavy atom. The van der Waals surface area contributed by atoms with Gasteiger partial charge in [0.1, 0.15) is 18.7 Å². The summed E-state index contributed by atoms with van der Waals surface area (Å²) >= 11 is 0. The molecule has 5 N–H and O–H groups in total. The zero-order chi connectivity index (χ0) is 34.5. The van der Waals surface area contributed by atoms with E-state index in [1.54, 1.807) is 12.1 Å². The third kappa shape index (κ3) is 11.3. The lowest BCUT2D eigenvalue weighted by Gasteiger charge is -2.25. The monoisotopic (exact) mass is 675 g/mol. The van der Waals surface area contributed by atoms with E-state index >= 15 is 0 Å². The van der Waals surface area contributed by atoms with E-state index in [-0.39, 0.29) is 31.8 Å². The number of benzene rings is 3. The van der Waals surface area contributed by atoms with Gasteiger partial charge in [-0.2, -0.15) is 4.52 Å². The largest absolute Gasteiger partial charge is 0.603 e. The Kier molecular flexibility index (Phi) is 13.2. The van der Waals surface area contributed by atoms with Crippen molar-refractivity contribution in [2.45, 2.75) is 58.0 Å². The summed E-state index contributed by atoms with van der Waals surface area (Å²) in [6, 6.07) is 20.0. The number of ether oxygens (including phenoxy) is 1. The van der Waals surface area contributed by atoms with Gasteiger partial charge in [0.15, 0.2) is 6.23 Å². The number of alkyl carbamates (subject to hydrolysis) is 1. The first kappa shape index (κ1) is 35.7. The van der Waals surface area contributed by atoms with Gasteiger partial charge in [-0.25, -0.2) is 14.6 Å². The zero-order valence-corrected chi connectivity index (χ0v) is 27.4. The highest BCUT2D eigenvalue weighted by Gasteiger charge is 2.31. The zero-order valence-electron chi connectivity index (χ0n) is 26.5. The number of nitrogens with one attached hydrogen (secondary N) is 4. The summed E-state index contributed by atoms with van der Waals surface area (Å²) in [5, 5.41) is 18.9. The highest BCUT2D eigenvalue weighted by Crippen LogP contribution is 2.21. The summed E-state index contributed by atoms with van der Waals surface area (Å²) in [6.07, 6.45) is 1.27. The van der Waals surface area contributed by atoms with Gasteiger partial charge >= 0.3 is 12.1 Å². The number of carboxylic acid groups (broad SMARTS) is 1. The smallest absolute Gasteiger partial charge is 0.408 e. The number of nitrogens with zero attached hydrogens (tertiary/aromatic N) is 1. The van der Waals surface area contributed by atoms with Crippen LogP contribution in [-0.4, -0.2) is 63.1 Å². The maximum atomic E-state index is 14.0. The number of amides is 3. The first-order chi connectivity index (χ1) is 23.1. The molecule has 13 nitrogen and oxygen atoms in total. The van der Waals surface area contributed by atoms with Crippen molar-refractivity contribution in [1.82, 2.24) is 25.9 Å². The number of aliphatic carboxylic acids is 1. The van der Waals surface area contributed by atoms with E-state index in [2.05, 4.69) is 25.9 Å². The standard InChI is InChI=1S/C34H38N5O8P/c1-22(2)15-30(47-48(45)20-31(40)41)39-33(43)29(17-26-18-35-21-36-26)37-32(42)28(38-34(44)46-19-23-9-4-3-5-10-23)16-25-13-8-12-24-11-6-7-14-27(24)25/h3-14,18,20-22,28-30H,15-17,19H2,1-2H3,(H,35,36)(H,37,42)(H,38,44)(H,39,43)(H,40,41)/t28-,29+,30+/m1/s1. The van der Waals surface area contributed by atoms with E-state index in [0.717, 1.165) is 21.9 Å². The minimum atomic E-state index is -2.74. The van der Waals surface area contributed by atoms with Crippen molar-refractivity contribution < 1.29 is 38.4 Å². The fraction of sp³-hybridized carbons (Fsp3) is 0.294. The Balaban J connectivity index is 1.57. The maximum Gasteiger partial charge on any atom is 0.408 e. The molecular formula is C34H38N5O8P. The number of aromatic amines is 1. The Morgan fingerprint density at radius 2 is 1.60 bits per heavy atom. The molecular weight excluding hydrogens is 637 g/mol. The number of hydrogen-bond donors (Lipinski definition) is 5. The highest BCUT2D eigenvalue weighted by molar-refractivity contribution is 7.47. The third-order valence-corrected chi connectivity index (χ3v) is 8.07. The van der Waals surface area contributed by atoms with Crippen LogP contribution in [0.2, 0.25) is 0 Å². The summed E-state index contributed by atoms with van der Waals surface area (Å²) in [5.74, 6) is -2.30. The predicted octanol–water partition coefficient (Wildman–Crippen LogP) is 3.19. The number of carbonyl (C=O) groups excluding carboxylic acids is 3. The molecule has 0 saturated heterocycles. The number of rotatable bonds is 16. The Labute approximate surface area is 278 Å². The van der Waals surface area contributed by atoms with Crippen LogP contribution < -0.4 is 20.8 Å². The van der Waals surface area contributed by atoms with Crippen LogP contribution in [0.1, 0.15) is 37.1 Å². The Bertz CT molecular complexity index is 1710. The normalized spacial score (nSPS) is 13.4. The number of H-pyrrole nitrogens is 1. The van der Waals surface area contributed by atoms with Gasteiger partial charge in [0.05, 0.1) is 6.33 Å². The van der Waals surface area contributed by atoms with Crippen molar-refractivity contribution in [3.8, 4) is 0 Å². The molecule has 0 bridgehead atoms. The van der Waals surface area contributed by atoms with E-state index in [1.807, 2.05) is 74.5 Å². The van der Waals surface area contributed by atoms with E-state index in [9.17, 15) is 24.1 Å². The van der Waals surface area contributed by atoms with Crippen molar-refractivity contribution in [2.24, 2.45) is 5.92 Å². The summed E-state index contributed by atoms with van der Waals surface area (Å²) in [4.78, 5) is 70.8. The lowest BCUT2D eigenvalue weighted by atomic mass is 9.98. The fourth-order valence-electron chi connectivity index (χ4n) is 4.97. The number of aromatic nitrogens is 2. The van der Waals surface area contributed by atoms with E-state index in [0.29, 0.717) is 11.5 Å². The molecule has 4 atom stereocenters. The molecule has 4 rings (SSSR count). The number of fused-ring (bicyclic) bond motifs is 1. The molecule has 4 aromatic rings. The van der Waals surface area contributed by atoms with Crippen LogP contribution in [0.5, 0.6) is 0 Å². The van der Waals surface area contributed by atoms with Crippen LogP contribution in [0.25, 0.3) is 10.8 Å². The quantitative estimate of drug-likeness (QED) is 0.0876. The molecule has 0 spiro atoms. The van der Waals surface area contributed by atoms with Crippen molar-refractivity contribution >= 4 is 48.4 Å². The summed E-state index contributed by atoms with van der Waals surface area (Å²) in [7, 11) is -2.74. The van der Waals surface area contributed by atoms with Gasteiger partial charge in [-0.1, -0.05) is 86.6 Å². The van der Waals surface area contributed by atoms with Crippen molar-refractivity contribution in [3.63, 3.8) is 0 Å². The maximum absolute atomic E-state index is 14.0. The van der Waals surface area contributed by atoms with Gasteiger partial charge in [0, 0.05) is 24.7 Å². The first-order valence-electron chi connectivity index (χ1n) is 15.3. The van der Waals surface area contributed by atoms with Crippen LogP contribution in [0.4, 0.5) is 4.79 Å². The molecule has 0 aliphatic rings. The van der Waals surface area contributed by atoms with Crippen LogP contribution in [0, 0.1) is 5.92 Å². The molecule has 252 valence electrons. The summed E-state index contributed by atoms with van der Waals surface area (Å²) < 4.78 is 10.8. The molecule has 1 heterocycles. The average molecular weight is 676 g/mol. The molecule has 1 unspecified atom stereocenters. The van der Waals surface area contributed by atoms with E-state index in [1.165, 1.54) is 12.5 Å². The lowest BCUT2D eigenvalue weighted by molar-refractivity contribution is -0.177. The van der Waals surface area contributed by atoms with Gasteiger partial charge in [-0.3, -0.25) is 9.59 Å². The van der Waals surface area contributed by atoms with E-state index < -0.39 is 50.2 Å². The van der Waals surface area contributed by atoms with Crippen molar-refractivity contribution in [2.75, 3.05) is 0 Å². The van der Waals surface area contributed by atoms with Crippen LogP contribution in [0.3, 0.4) is 0 Å². The molecule has 48 heavy (non-hydrogen) atoms. The van der Waals surface area contributed by atoms with Gasteiger partial charge in [-0.05, 0) is 34.2 Å².